The quantitative estimate of drug-likeness (QED) is 0.253. The zero-order valence-corrected chi connectivity index (χ0v) is 20.0. The first-order valence-electron chi connectivity index (χ1n) is 11.5. The van der Waals surface area contributed by atoms with Crippen molar-refractivity contribution in [2.75, 3.05) is 20.6 Å². The van der Waals surface area contributed by atoms with Gasteiger partial charge < -0.3 is 20.5 Å². The second-order valence-corrected chi connectivity index (χ2v) is 8.99. The van der Waals surface area contributed by atoms with Crippen LogP contribution in [0.3, 0.4) is 0 Å². The lowest BCUT2D eigenvalue weighted by Gasteiger charge is -2.13. The van der Waals surface area contributed by atoms with E-state index in [0.717, 1.165) is 29.6 Å². The van der Waals surface area contributed by atoms with E-state index in [1.807, 2.05) is 34.9 Å². The third-order valence-corrected chi connectivity index (χ3v) is 6.00. The number of aromatic nitrogens is 1. The molecule has 4 rings (SSSR count). The number of hydrogen-bond acceptors (Lipinski definition) is 3. The Kier molecular flexibility index (Phi) is 7.27. The van der Waals surface area contributed by atoms with E-state index < -0.39 is 0 Å². The van der Waals surface area contributed by atoms with Gasteiger partial charge in [-0.1, -0.05) is 42.5 Å². The van der Waals surface area contributed by atoms with Crippen molar-refractivity contribution in [3.8, 4) is 0 Å². The van der Waals surface area contributed by atoms with Gasteiger partial charge in [0, 0.05) is 36.1 Å². The van der Waals surface area contributed by atoms with Crippen LogP contribution in [0.15, 0.2) is 72.8 Å². The van der Waals surface area contributed by atoms with Gasteiger partial charge in [-0.3, -0.25) is 10.2 Å². The smallest absolute Gasteiger partial charge is 0.268 e. The highest BCUT2D eigenvalue weighted by molar-refractivity contribution is 5.99. The molecule has 35 heavy (non-hydrogen) atoms. The molecule has 4 aromatic rings. The largest absolute Gasteiger partial charge is 0.384 e. The van der Waals surface area contributed by atoms with Gasteiger partial charge in [-0.2, -0.15) is 0 Å². The van der Waals surface area contributed by atoms with Crippen molar-refractivity contribution in [2.24, 2.45) is 5.73 Å². The van der Waals surface area contributed by atoms with Crippen LogP contribution in [0.5, 0.6) is 0 Å². The number of amides is 1. The normalized spacial score (nSPS) is 11.2. The summed E-state index contributed by atoms with van der Waals surface area (Å²) in [6.45, 7) is 1.76. The van der Waals surface area contributed by atoms with E-state index in [0.29, 0.717) is 29.7 Å². The molecule has 0 aliphatic rings. The summed E-state index contributed by atoms with van der Waals surface area (Å²) in [6.07, 6.45) is 0.973. The lowest BCUT2D eigenvalue weighted by atomic mass is 10.1. The Balaban J connectivity index is 1.55. The predicted octanol–water partition coefficient (Wildman–Crippen LogP) is 4.15. The van der Waals surface area contributed by atoms with Crippen LogP contribution in [-0.4, -0.2) is 41.8 Å². The molecule has 0 spiro atoms. The van der Waals surface area contributed by atoms with Gasteiger partial charge in [-0.15, -0.1) is 0 Å². The number of nitrogens with two attached hydrogens (primary N) is 1. The maximum absolute atomic E-state index is 13.9. The van der Waals surface area contributed by atoms with Gasteiger partial charge in [0.05, 0.1) is 0 Å². The standard InChI is InChI=1S/C28H30FN5O/c1-33(2)13-12-19-6-8-20(9-7-19)17-32-28(35)26-16-23-15-24(29)10-11-25(23)34(26)18-21-4-3-5-22(14-21)27(30)31/h3-11,14-16H,12-13,17-18H2,1-2H3,(H3,30,31)(H,32,35). The van der Waals surface area contributed by atoms with Gasteiger partial charge in [-0.05, 0) is 67.5 Å². The van der Waals surface area contributed by atoms with Crippen molar-refractivity contribution >= 4 is 22.6 Å². The second kappa shape index (κ2) is 10.5. The van der Waals surface area contributed by atoms with Crippen LogP contribution in [0.4, 0.5) is 4.39 Å². The molecule has 1 aromatic heterocycles. The van der Waals surface area contributed by atoms with Crippen LogP contribution >= 0.6 is 0 Å². The van der Waals surface area contributed by atoms with E-state index in [-0.39, 0.29) is 17.6 Å². The minimum absolute atomic E-state index is 0.0167. The number of halogens is 1. The molecule has 0 aliphatic heterocycles. The zero-order chi connectivity index (χ0) is 24.9. The number of benzene rings is 3. The molecule has 1 amide bonds. The van der Waals surface area contributed by atoms with Crippen molar-refractivity contribution in [3.05, 3.63) is 107 Å². The van der Waals surface area contributed by atoms with Gasteiger partial charge in [-0.25, -0.2) is 4.39 Å². The van der Waals surface area contributed by atoms with E-state index in [2.05, 4.69) is 36.4 Å². The first-order valence-corrected chi connectivity index (χ1v) is 11.5. The zero-order valence-electron chi connectivity index (χ0n) is 20.0. The van der Waals surface area contributed by atoms with Gasteiger partial charge in [0.15, 0.2) is 0 Å². The van der Waals surface area contributed by atoms with Crippen molar-refractivity contribution in [1.29, 1.82) is 5.41 Å². The lowest BCUT2D eigenvalue weighted by molar-refractivity contribution is 0.0942. The van der Waals surface area contributed by atoms with E-state index >= 15 is 0 Å². The lowest BCUT2D eigenvalue weighted by Crippen LogP contribution is -2.25. The Bertz CT molecular complexity index is 1360. The summed E-state index contributed by atoms with van der Waals surface area (Å²) in [5, 5.41) is 11.4. The van der Waals surface area contributed by atoms with Gasteiger partial charge in [0.25, 0.3) is 5.91 Å². The number of hydrogen-bond donors (Lipinski definition) is 3. The summed E-state index contributed by atoms with van der Waals surface area (Å²) >= 11 is 0. The van der Waals surface area contributed by atoms with Crippen molar-refractivity contribution in [3.63, 3.8) is 0 Å². The van der Waals surface area contributed by atoms with Crippen molar-refractivity contribution in [1.82, 2.24) is 14.8 Å². The highest BCUT2D eigenvalue weighted by atomic mass is 19.1. The van der Waals surface area contributed by atoms with Crippen LogP contribution in [0.1, 0.15) is 32.7 Å². The number of nitrogens with one attached hydrogen (secondary N) is 2. The number of fused-ring (bicyclic) bond motifs is 1. The minimum atomic E-state index is -0.352. The molecule has 0 bridgehead atoms. The second-order valence-electron chi connectivity index (χ2n) is 8.99. The molecule has 180 valence electrons. The molecular weight excluding hydrogens is 441 g/mol. The monoisotopic (exact) mass is 471 g/mol. The molecule has 0 saturated heterocycles. The number of carbonyl (C=O) groups is 1. The molecular formula is C28H30FN5O. The predicted molar refractivity (Wildman–Crippen MR) is 138 cm³/mol. The molecule has 1 heterocycles. The maximum atomic E-state index is 13.9. The highest BCUT2D eigenvalue weighted by Crippen LogP contribution is 2.23. The van der Waals surface area contributed by atoms with Crippen LogP contribution in [-0.2, 0) is 19.5 Å². The average molecular weight is 472 g/mol. The van der Waals surface area contributed by atoms with Crippen LogP contribution in [0.25, 0.3) is 10.9 Å². The number of nitrogens with zero attached hydrogens (tertiary/aromatic N) is 2. The molecule has 0 radical (unpaired) electrons. The van der Waals surface area contributed by atoms with Gasteiger partial charge in [0.1, 0.15) is 17.3 Å². The Morgan fingerprint density at radius 1 is 1.00 bits per heavy atom. The first-order chi connectivity index (χ1) is 16.8. The summed E-state index contributed by atoms with van der Waals surface area (Å²) in [7, 11) is 4.11. The minimum Gasteiger partial charge on any atom is -0.384 e. The molecule has 4 N–H and O–H groups in total. The number of amidine groups is 1. The van der Waals surface area contributed by atoms with E-state index in [1.165, 1.54) is 17.7 Å². The Morgan fingerprint density at radius 2 is 1.74 bits per heavy atom. The van der Waals surface area contributed by atoms with E-state index in [1.54, 1.807) is 18.2 Å². The summed E-state index contributed by atoms with van der Waals surface area (Å²) in [5.74, 6) is -0.604. The Morgan fingerprint density at radius 3 is 2.46 bits per heavy atom. The molecule has 0 aliphatic carbocycles. The maximum Gasteiger partial charge on any atom is 0.268 e. The number of likely N-dealkylation sites (N-methyl/N-ethyl adjacent to an activating group) is 1. The first kappa shape index (κ1) is 24.2. The SMILES string of the molecule is CN(C)CCc1ccc(CNC(=O)c2cc3cc(F)ccc3n2Cc2cccc(C(=N)N)c2)cc1. The highest BCUT2D eigenvalue weighted by Gasteiger charge is 2.17. The fourth-order valence-electron chi connectivity index (χ4n) is 4.07. The topological polar surface area (TPSA) is 87.1 Å². The summed E-state index contributed by atoms with van der Waals surface area (Å²) in [5.41, 5.74) is 10.6. The van der Waals surface area contributed by atoms with Crippen molar-refractivity contribution < 1.29 is 9.18 Å². The summed E-state index contributed by atoms with van der Waals surface area (Å²) in [4.78, 5) is 15.4. The van der Waals surface area contributed by atoms with Crippen LogP contribution in [0, 0.1) is 11.2 Å². The van der Waals surface area contributed by atoms with Gasteiger partial charge >= 0.3 is 0 Å². The molecule has 0 atom stereocenters. The number of nitrogen functional groups attached to an aromatic ring is 1. The fourth-order valence-corrected chi connectivity index (χ4v) is 4.07. The van der Waals surface area contributed by atoms with E-state index in [4.69, 9.17) is 11.1 Å². The van der Waals surface area contributed by atoms with Crippen LogP contribution in [0.2, 0.25) is 0 Å². The van der Waals surface area contributed by atoms with Crippen molar-refractivity contribution in [2.45, 2.75) is 19.5 Å². The van der Waals surface area contributed by atoms with E-state index in [9.17, 15) is 9.18 Å². The summed E-state index contributed by atoms with van der Waals surface area (Å²) in [6, 6.07) is 21.8. The molecule has 0 saturated carbocycles. The number of carbonyl (C=O) groups excluding carboxylic acids is 1. The third kappa shape index (κ3) is 5.94. The third-order valence-electron chi connectivity index (χ3n) is 6.00. The summed E-state index contributed by atoms with van der Waals surface area (Å²) < 4.78 is 15.8. The molecule has 3 aromatic carbocycles. The van der Waals surface area contributed by atoms with Gasteiger partial charge in [0.2, 0.25) is 0 Å². The van der Waals surface area contributed by atoms with Crippen LogP contribution < -0.4 is 11.1 Å². The Hall–Kier alpha value is -3.97. The molecule has 0 unspecified atom stereocenters. The average Bonchev–Trinajstić information content (AvgIpc) is 3.19. The molecule has 0 fully saturated rings. The molecule has 6 nitrogen and oxygen atoms in total. The Labute approximate surface area is 204 Å². The molecule has 7 heteroatoms. The number of rotatable bonds is 9. The fraction of sp³-hybridized carbons (Fsp3) is 0.214.